The molecule has 7 nitrogen and oxygen atoms in total. The molecule has 3 rings (SSSR count). The Balaban J connectivity index is 1.83. The second-order valence-corrected chi connectivity index (χ2v) is 6.64. The van der Waals surface area contributed by atoms with E-state index in [1.165, 1.54) is 10.7 Å². The molecular formula is C18H22F2N6O. The van der Waals surface area contributed by atoms with Crippen LogP contribution in [0.4, 0.5) is 8.78 Å². The number of fused-ring (bicyclic) bond motifs is 1. The first kappa shape index (κ1) is 18.9. The number of halogens is 2. The van der Waals surface area contributed by atoms with Crippen LogP contribution in [0.25, 0.3) is 11.0 Å². The van der Waals surface area contributed by atoms with Gasteiger partial charge in [0.25, 0.3) is 6.43 Å². The van der Waals surface area contributed by atoms with Gasteiger partial charge in [0.1, 0.15) is 6.54 Å². The van der Waals surface area contributed by atoms with Crippen LogP contribution in [0.3, 0.4) is 0 Å². The molecule has 0 saturated heterocycles. The number of carbonyl (C=O) groups excluding carboxylic acids is 1. The fourth-order valence-electron chi connectivity index (χ4n) is 3.25. The first-order valence-electron chi connectivity index (χ1n) is 8.57. The van der Waals surface area contributed by atoms with Crippen molar-refractivity contribution in [1.29, 1.82) is 0 Å². The molecule has 0 spiro atoms. The molecule has 0 aliphatic heterocycles. The molecule has 0 radical (unpaired) electrons. The van der Waals surface area contributed by atoms with Crippen molar-refractivity contribution < 1.29 is 13.6 Å². The fraction of sp³-hybridized carbons (Fsp3) is 0.444. The number of rotatable bonds is 5. The summed E-state index contributed by atoms with van der Waals surface area (Å²) < 4.78 is 29.9. The Morgan fingerprint density at radius 3 is 2.48 bits per heavy atom. The molecule has 0 unspecified atom stereocenters. The van der Waals surface area contributed by atoms with Crippen molar-refractivity contribution in [2.24, 2.45) is 7.05 Å². The Morgan fingerprint density at radius 2 is 1.89 bits per heavy atom. The minimum absolute atomic E-state index is 0.0954. The number of nitrogens with one attached hydrogen (secondary N) is 1. The van der Waals surface area contributed by atoms with E-state index in [4.69, 9.17) is 0 Å². The van der Waals surface area contributed by atoms with Crippen molar-refractivity contribution in [2.45, 2.75) is 47.2 Å². The van der Waals surface area contributed by atoms with E-state index in [1.807, 2.05) is 20.9 Å². The van der Waals surface area contributed by atoms with Crippen LogP contribution in [0.1, 0.15) is 40.3 Å². The lowest BCUT2D eigenvalue weighted by Gasteiger charge is -2.08. The Bertz CT molecular complexity index is 1020. The Hall–Kier alpha value is -2.84. The van der Waals surface area contributed by atoms with Gasteiger partial charge in [0.2, 0.25) is 5.91 Å². The quantitative estimate of drug-likeness (QED) is 0.743. The number of alkyl halides is 2. The minimum atomic E-state index is -2.63. The first-order chi connectivity index (χ1) is 12.7. The van der Waals surface area contributed by atoms with E-state index in [1.54, 1.807) is 18.5 Å². The summed E-state index contributed by atoms with van der Waals surface area (Å²) in [7, 11) is 1.85. The lowest BCUT2D eigenvalue weighted by Crippen LogP contribution is -2.28. The highest BCUT2D eigenvalue weighted by molar-refractivity contribution is 5.84. The number of carbonyl (C=O) groups is 1. The molecule has 0 aliphatic rings. The van der Waals surface area contributed by atoms with E-state index in [0.717, 1.165) is 17.0 Å². The third-order valence-electron chi connectivity index (χ3n) is 4.69. The van der Waals surface area contributed by atoms with Gasteiger partial charge in [-0.15, -0.1) is 0 Å². The van der Waals surface area contributed by atoms with E-state index in [0.29, 0.717) is 29.0 Å². The molecule has 0 aromatic carbocycles. The van der Waals surface area contributed by atoms with E-state index in [9.17, 15) is 13.6 Å². The van der Waals surface area contributed by atoms with E-state index in [-0.39, 0.29) is 18.0 Å². The molecule has 3 aromatic rings. The van der Waals surface area contributed by atoms with Gasteiger partial charge >= 0.3 is 0 Å². The van der Waals surface area contributed by atoms with E-state index < -0.39 is 6.43 Å². The summed E-state index contributed by atoms with van der Waals surface area (Å²) in [6.07, 6.45) is -2.63. The van der Waals surface area contributed by atoms with Gasteiger partial charge in [-0.05, 0) is 33.8 Å². The van der Waals surface area contributed by atoms with Crippen molar-refractivity contribution in [3.63, 3.8) is 0 Å². The summed E-state index contributed by atoms with van der Waals surface area (Å²) in [5, 5.41) is 11.7. The second kappa shape index (κ2) is 7.05. The summed E-state index contributed by atoms with van der Waals surface area (Å²) >= 11 is 0. The van der Waals surface area contributed by atoms with Gasteiger partial charge in [0.05, 0.1) is 16.8 Å². The average molecular weight is 376 g/mol. The third kappa shape index (κ3) is 3.54. The predicted molar refractivity (Wildman–Crippen MR) is 96.5 cm³/mol. The Morgan fingerprint density at radius 1 is 1.19 bits per heavy atom. The van der Waals surface area contributed by atoms with Crippen LogP contribution in [0.5, 0.6) is 0 Å². The maximum atomic E-state index is 13.4. The highest BCUT2D eigenvalue weighted by atomic mass is 19.3. The zero-order valence-corrected chi connectivity index (χ0v) is 16.0. The average Bonchev–Trinajstić information content (AvgIpc) is 3.01. The summed E-state index contributed by atoms with van der Waals surface area (Å²) in [5.41, 5.74) is 3.87. The molecule has 144 valence electrons. The zero-order chi connectivity index (χ0) is 19.9. The highest BCUT2D eigenvalue weighted by Crippen LogP contribution is 2.29. The molecule has 1 N–H and O–H groups in total. The molecule has 3 heterocycles. The van der Waals surface area contributed by atoms with Gasteiger partial charge in [-0.1, -0.05) is 0 Å². The minimum Gasteiger partial charge on any atom is -0.350 e. The van der Waals surface area contributed by atoms with Crippen molar-refractivity contribution in [2.75, 3.05) is 0 Å². The van der Waals surface area contributed by atoms with Crippen LogP contribution < -0.4 is 5.32 Å². The van der Waals surface area contributed by atoms with Crippen LogP contribution in [0, 0.1) is 27.7 Å². The molecule has 0 fully saturated rings. The number of hydrogen-bond donors (Lipinski definition) is 1. The SMILES string of the molecule is Cc1cc(C(F)F)c2c(C)nn(CC(=O)NCc3c(C)nn(C)c3C)c2n1. The van der Waals surface area contributed by atoms with Crippen molar-refractivity contribution in [3.05, 3.63) is 40.0 Å². The zero-order valence-electron chi connectivity index (χ0n) is 16.0. The smallest absolute Gasteiger partial charge is 0.264 e. The summed E-state index contributed by atoms with van der Waals surface area (Å²) in [6, 6.07) is 1.36. The van der Waals surface area contributed by atoms with Gasteiger partial charge in [0, 0.05) is 36.1 Å². The van der Waals surface area contributed by atoms with Gasteiger partial charge in [-0.25, -0.2) is 18.4 Å². The maximum Gasteiger partial charge on any atom is 0.264 e. The standard InChI is InChI=1S/C18H22F2N6O/c1-9-6-13(17(19)20)16-11(3)24-26(18(16)22-9)8-15(27)21-7-14-10(2)23-25(5)12(14)4/h6,17H,7-8H2,1-5H3,(H,21,27). The molecule has 0 atom stereocenters. The number of aryl methyl sites for hydroxylation is 4. The monoisotopic (exact) mass is 376 g/mol. The fourth-order valence-corrected chi connectivity index (χ4v) is 3.25. The number of aromatic nitrogens is 5. The number of pyridine rings is 1. The number of nitrogens with zero attached hydrogens (tertiary/aromatic N) is 5. The molecule has 3 aromatic heterocycles. The third-order valence-corrected chi connectivity index (χ3v) is 4.69. The van der Waals surface area contributed by atoms with Gasteiger partial charge in [-0.3, -0.25) is 9.48 Å². The van der Waals surface area contributed by atoms with Crippen LogP contribution in [-0.2, 0) is 24.9 Å². The Kier molecular flexibility index (Phi) is 4.95. The molecular weight excluding hydrogens is 354 g/mol. The molecule has 27 heavy (non-hydrogen) atoms. The molecule has 0 aliphatic carbocycles. The van der Waals surface area contributed by atoms with Crippen molar-refractivity contribution in [1.82, 2.24) is 29.9 Å². The molecule has 9 heteroatoms. The van der Waals surface area contributed by atoms with Gasteiger partial charge in [-0.2, -0.15) is 10.2 Å². The van der Waals surface area contributed by atoms with Crippen LogP contribution >= 0.6 is 0 Å². The van der Waals surface area contributed by atoms with E-state index in [2.05, 4.69) is 20.5 Å². The van der Waals surface area contributed by atoms with Gasteiger partial charge in [0.15, 0.2) is 5.65 Å². The predicted octanol–water partition coefficient (Wildman–Crippen LogP) is 2.65. The maximum absolute atomic E-state index is 13.4. The molecule has 0 bridgehead atoms. The van der Waals surface area contributed by atoms with E-state index >= 15 is 0 Å². The van der Waals surface area contributed by atoms with Crippen LogP contribution in [-0.4, -0.2) is 30.5 Å². The Labute approximate surface area is 155 Å². The summed E-state index contributed by atoms with van der Waals surface area (Å²) in [5.74, 6) is -0.274. The summed E-state index contributed by atoms with van der Waals surface area (Å²) in [6.45, 7) is 7.36. The summed E-state index contributed by atoms with van der Waals surface area (Å²) in [4.78, 5) is 16.7. The topological polar surface area (TPSA) is 77.6 Å². The first-order valence-corrected chi connectivity index (χ1v) is 8.57. The largest absolute Gasteiger partial charge is 0.350 e. The van der Waals surface area contributed by atoms with Crippen molar-refractivity contribution in [3.8, 4) is 0 Å². The van der Waals surface area contributed by atoms with Crippen LogP contribution in [0.15, 0.2) is 6.07 Å². The molecule has 1 amide bonds. The second-order valence-electron chi connectivity index (χ2n) is 6.64. The molecule has 0 saturated carbocycles. The highest BCUT2D eigenvalue weighted by Gasteiger charge is 2.20. The number of hydrogen-bond acceptors (Lipinski definition) is 4. The van der Waals surface area contributed by atoms with Gasteiger partial charge < -0.3 is 5.32 Å². The van der Waals surface area contributed by atoms with Crippen LogP contribution in [0.2, 0.25) is 0 Å². The normalized spacial score (nSPS) is 11.6. The van der Waals surface area contributed by atoms with Crippen molar-refractivity contribution >= 4 is 16.9 Å². The lowest BCUT2D eigenvalue weighted by molar-refractivity contribution is -0.121. The lowest BCUT2D eigenvalue weighted by atomic mass is 10.1. The number of amides is 1.